The van der Waals surface area contributed by atoms with Crippen molar-refractivity contribution in [2.45, 2.75) is 85.1 Å². The Labute approximate surface area is 215 Å². The molecule has 1 aromatic carbocycles. The summed E-state index contributed by atoms with van der Waals surface area (Å²) in [6, 6.07) is 7.35. The number of hydrogen-bond donors (Lipinski definition) is 0. The second-order valence-corrected chi connectivity index (χ2v) is 10.3. The summed E-state index contributed by atoms with van der Waals surface area (Å²) in [4.78, 5) is 35.0. The van der Waals surface area contributed by atoms with Crippen molar-refractivity contribution in [3.05, 3.63) is 41.5 Å². The van der Waals surface area contributed by atoms with Gasteiger partial charge in [0.05, 0.1) is 11.6 Å². The quantitative estimate of drug-likeness (QED) is 0.528. The predicted octanol–water partition coefficient (Wildman–Crippen LogP) is 5.09. The molecule has 36 heavy (non-hydrogen) atoms. The van der Waals surface area contributed by atoms with Crippen LogP contribution in [0.15, 0.2) is 28.8 Å². The monoisotopic (exact) mass is 498 g/mol. The van der Waals surface area contributed by atoms with E-state index < -0.39 is 0 Å². The predicted molar refractivity (Wildman–Crippen MR) is 139 cm³/mol. The number of ether oxygens (including phenoxy) is 1. The van der Waals surface area contributed by atoms with Crippen molar-refractivity contribution < 1.29 is 18.8 Å². The fourth-order valence-electron chi connectivity index (χ4n) is 4.59. The fraction of sp³-hybridized carbons (Fsp3) is 0.643. The topological polar surface area (TPSA) is 88.8 Å². The Hall–Kier alpha value is -2.90. The van der Waals surface area contributed by atoms with Crippen LogP contribution in [0.4, 0.5) is 0 Å². The maximum absolute atomic E-state index is 13.5. The molecule has 2 amide bonds. The molecular formula is C28H42N4O4. The van der Waals surface area contributed by atoms with Crippen LogP contribution in [-0.2, 0) is 11.2 Å². The molecule has 0 aliphatic carbocycles. The van der Waals surface area contributed by atoms with Crippen LogP contribution in [0.2, 0.25) is 0 Å². The molecule has 8 nitrogen and oxygen atoms in total. The van der Waals surface area contributed by atoms with Gasteiger partial charge in [0.25, 0.3) is 5.91 Å². The van der Waals surface area contributed by atoms with Crippen molar-refractivity contribution in [1.29, 1.82) is 0 Å². The van der Waals surface area contributed by atoms with E-state index >= 15 is 0 Å². The number of benzene rings is 1. The number of aryl methyl sites for hydroxylation is 1. The van der Waals surface area contributed by atoms with Crippen molar-refractivity contribution in [1.82, 2.24) is 19.9 Å². The van der Waals surface area contributed by atoms with Crippen molar-refractivity contribution >= 4 is 11.8 Å². The summed E-state index contributed by atoms with van der Waals surface area (Å²) in [5, 5.41) is 4.02. The Balaban J connectivity index is 1.80. The second kappa shape index (κ2) is 13.4. The third kappa shape index (κ3) is 7.55. The van der Waals surface area contributed by atoms with Gasteiger partial charge in [-0.25, -0.2) is 0 Å². The first-order valence-corrected chi connectivity index (χ1v) is 13.4. The first-order chi connectivity index (χ1) is 17.3. The lowest BCUT2D eigenvalue weighted by Crippen LogP contribution is -2.45. The van der Waals surface area contributed by atoms with Gasteiger partial charge in [0, 0.05) is 38.4 Å². The van der Waals surface area contributed by atoms with Gasteiger partial charge in [0.1, 0.15) is 12.4 Å². The van der Waals surface area contributed by atoms with Gasteiger partial charge >= 0.3 is 0 Å². The number of fused-ring (bicyclic) bond motifs is 1. The second-order valence-electron chi connectivity index (χ2n) is 10.3. The van der Waals surface area contributed by atoms with Crippen molar-refractivity contribution in [3.8, 4) is 5.75 Å². The van der Waals surface area contributed by atoms with Crippen molar-refractivity contribution in [2.24, 2.45) is 5.92 Å². The highest BCUT2D eigenvalue weighted by Crippen LogP contribution is 2.24. The van der Waals surface area contributed by atoms with E-state index in [1.54, 1.807) is 0 Å². The van der Waals surface area contributed by atoms with Crippen LogP contribution in [0.1, 0.15) is 94.7 Å². The van der Waals surface area contributed by atoms with E-state index in [1.807, 2.05) is 54.8 Å². The van der Waals surface area contributed by atoms with E-state index in [0.717, 1.165) is 25.7 Å². The molecule has 1 aromatic heterocycles. The summed E-state index contributed by atoms with van der Waals surface area (Å²) < 4.78 is 11.6. The maximum Gasteiger partial charge on any atom is 0.257 e. The van der Waals surface area contributed by atoms with E-state index in [0.29, 0.717) is 68.0 Å². The van der Waals surface area contributed by atoms with Crippen LogP contribution < -0.4 is 4.74 Å². The first-order valence-electron chi connectivity index (χ1n) is 13.4. The number of carbonyl (C=O) groups is 2. The van der Waals surface area contributed by atoms with Crippen LogP contribution in [0.5, 0.6) is 5.75 Å². The summed E-state index contributed by atoms with van der Waals surface area (Å²) in [7, 11) is 0. The molecular weight excluding hydrogens is 456 g/mol. The molecule has 8 heteroatoms. The molecule has 2 aromatic rings. The zero-order valence-corrected chi connectivity index (χ0v) is 22.5. The molecule has 0 saturated carbocycles. The Morgan fingerprint density at radius 3 is 2.56 bits per heavy atom. The lowest BCUT2D eigenvalue weighted by atomic mass is 10.0. The van der Waals surface area contributed by atoms with Gasteiger partial charge in [-0.2, -0.15) is 4.98 Å². The minimum absolute atomic E-state index is 0.000938. The van der Waals surface area contributed by atoms with Crippen LogP contribution in [0.25, 0.3) is 0 Å². The Kier molecular flexibility index (Phi) is 10.3. The Morgan fingerprint density at radius 2 is 1.86 bits per heavy atom. The third-order valence-corrected chi connectivity index (χ3v) is 6.60. The molecule has 0 radical (unpaired) electrons. The van der Waals surface area contributed by atoms with Gasteiger partial charge in [-0.1, -0.05) is 45.0 Å². The largest absolute Gasteiger partial charge is 0.491 e. The van der Waals surface area contributed by atoms with Gasteiger partial charge in [0.2, 0.25) is 11.8 Å². The number of carbonyl (C=O) groups excluding carboxylic acids is 2. The molecule has 0 saturated heterocycles. The lowest BCUT2D eigenvalue weighted by molar-refractivity contribution is -0.134. The van der Waals surface area contributed by atoms with E-state index in [4.69, 9.17) is 9.26 Å². The Bertz CT molecular complexity index is 987. The number of amides is 2. The summed E-state index contributed by atoms with van der Waals surface area (Å²) in [5.41, 5.74) is 0.581. The number of hydrogen-bond acceptors (Lipinski definition) is 6. The Morgan fingerprint density at radius 1 is 1.11 bits per heavy atom. The van der Waals surface area contributed by atoms with Gasteiger partial charge in [-0.3, -0.25) is 9.59 Å². The lowest BCUT2D eigenvalue weighted by Gasteiger charge is -2.33. The molecule has 0 N–H and O–H groups in total. The average molecular weight is 499 g/mol. The van der Waals surface area contributed by atoms with Crippen LogP contribution in [0, 0.1) is 5.92 Å². The van der Waals surface area contributed by atoms with Gasteiger partial charge < -0.3 is 19.1 Å². The number of rotatable bonds is 7. The molecule has 0 bridgehead atoms. The minimum atomic E-state index is -0.0856. The highest BCUT2D eigenvalue weighted by molar-refractivity contribution is 5.96. The van der Waals surface area contributed by atoms with E-state index in [2.05, 4.69) is 24.0 Å². The molecule has 2 heterocycles. The average Bonchev–Trinajstić information content (AvgIpc) is 3.34. The van der Waals surface area contributed by atoms with E-state index in [-0.39, 0.29) is 23.8 Å². The molecule has 1 aliphatic heterocycles. The number of para-hydroxylation sites is 1. The first kappa shape index (κ1) is 27.7. The summed E-state index contributed by atoms with van der Waals surface area (Å²) in [6.45, 7) is 12.7. The molecule has 3 rings (SSSR count). The molecule has 0 fully saturated rings. The normalized spacial score (nSPS) is 17.9. The van der Waals surface area contributed by atoms with Crippen LogP contribution in [-0.4, -0.2) is 64.0 Å². The third-order valence-electron chi connectivity index (χ3n) is 6.60. The van der Waals surface area contributed by atoms with E-state index in [1.165, 1.54) is 0 Å². The van der Waals surface area contributed by atoms with E-state index in [9.17, 15) is 9.59 Å². The highest BCUT2D eigenvalue weighted by Gasteiger charge is 2.27. The molecule has 0 unspecified atom stereocenters. The zero-order valence-electron chi connectivity index (χ0n) is 22.5. The fourth-order valence-corrected chi connectivity index (χ4v) is 4.59. The molecule has 1 atom stereocenters. The SMILES string of the molecule is CCN1CCCCCN(C(=O)CCc2nc(C(C)C)no2)[C@@H](CC(C)C)COc2ccccc2C1=O. The highest BCUT2D eigenvalue weighted by atomic mass is 16.5. The van der Waals surface area contributed by atoms with Crippen LogP contribution >= 0.6 is 0 Å². The summed E-state index contributed by atoms with van der Waals surface area (Å²) in [6.07, 6.45) is 4.30. The summed E-state index contributed by atoms with van der Waals surface area (Å²) in [5.74, 6) is 2.39. The van der Waals surface area contributed by atoms with Gasteiger partial charge in [0.15, 0.2) is 5.82 Å². The minimum Gasteiger partial charge on any atom is -0.491 e. The summed E-state index contributed by atoms with van der Waals surface area (Å²) >= 11 is 0. The van der Waals surface area contributed by atoms with Gasteiger partial charge in [-0.05, 0) is 50.7 Å². The standard InChI is InChI=1S/C28H42N4O4/c1-6-31-16-10-7-11-17-32(26(33)15-14-25-29-27(21(4)5)30-36-25)22(18-20(2)3)19-35-24-13-9-8-12-23(24)28(31)34/h8-9,12-13,20-22H,6-7,10-11,14-19H2,1-5H3/t22-/m0/s1. The van der Waals surface area contributed by atoms with Crippen molar-refractivity contribution in [2.75, 3.05) is 26.2 Å². The van der Waals surface area contributed by atoms with Crippen LogP contribution in [0.3, 0.4) is 0 Å². The maximum atomic E-state index is 13.5. The number of aromatic nitrogens is 2. The number of nitrogens with zero attached hydrogens (tertiary/aromatic N) is 4. The molecule has 0 spiro atoms. The zero-order chi connectivity index (χ0) is 26.1. The smallest absolute Gasteiger partial charge is 0.257 e. The van der Waals surface area contributed by atoms with Gasteiger partial charge in [-0.15, -0.1) is 0 Å². The molecule has 198 valence electrons. The molecule has 1 aliphatic rings. The van der Waals surface area contributed by atoms with Crippen molar-refractivity contribution in [3.63, 3.8) is 0 Å².